The molecule has 0 bridgehead atoms. The number of hydrogen-bond donors (Lipinski definition) is 0. The Labute approximate surface area is 191 Å². The van der Waals surface area contributed by atoms with Crippen LogP contribution in [0.4, 0.5) is 0 Å². The number of aromatic nitrogens is 2. The van der Waals surface area contributed by atoms with Gasteiger partial charge in [0.2, 0.25) is 0 Å². The van der Waals surface area contributed by atoms with E-state index in [0.29, 0.717) is 0 Å². The van der Waals surface area contributed by atoms with Crippen molar-refractivity contribution >= 4 is 43.4 Å². The van der Waals surface area contributed by atoms with Crippen molar-refractivity contribution in [3.8, 4) is 16.8 Å². The SMILES string of the molecule is c1ccc2c(c1)cc(-c1ccc(-n3c4ccccc4c4cnccc43)cc1)c1ccccc12. The minimum atomic E-state index is 1.15. The minimum absolute atomic E-state index is 1.15. The third kappa shape index (κ3) is 2.71. The molecule has 0 aliphatic heterocycles. The highest BCUT2D eigenvalue weighted by atomic mass is 15.0. The van der Waals surface area contributed by atoms with E-state index in [1.165, 1.54) is 54.5 Å². The maximum atomic E-state index is 4.36. The summed E-state index contributed by atoms with van der Waals surface area (Å²) in [7, 11) is 0. The molecule has 0 aliphatic carbocycles. The van der Waals surface area contributed by atoms with E-state index in [2.05, 4.69) is 119 Å². The number of fused-ring (bicyclic) bond motifs is 6. The molecule has 0 aliphatic rings. The molecule has 7 aromatic rings. The average molecular weight is 421 g/mol. The third-order valence-corrected chi connectivity index (χ3v) is 6.68. The van der Waals surface area contributed by atoms with Crippen molar-refractivity contribution in [2.75, 3.05) is 0 Å². The summed E-state index contributed by atoms with van der Waals surface area (Å²) in [5.41, 5.74) is 6.02. The first kappa shape index (κ1) is 18.2. The molecule has 0 unspecified atom stereocenters. The Bertz CT molecular complexity index is 1750. The van der Waals surface area contributed by atoms with Gasteiger partial charge in [-0.3, -0.25) is 4.98 Å². The molecule has 0 spiro atoms. The normalized spacial score (nSPS) is 11.6. The molecule has 33 heavy (non-hydrogen) atoms. The fraction of sp³-hybridized carbons (Fsp3) is 0. The Morgan fingerprint density at radius 1 is 0.515 bits per heavy atom. The highest BCUT2D eigenvalue weighted by Crippen LogP contribution is 2.36. The van der Waals surface area contributed by atoms with Crippen molar-refractivity contribution in [2.24, 2.45) is 0 Å². The van der Waals surface area contributed by atoms with Crippen LogP contribution in [0.15, 0.2) is 122 Å². The molecule has 0 saturated heterocycles. The molecule has 2 heterocycles. The summed E-state index contributed by atoms with van der Waals surface area (Å²) in [4.78, 5) is 4.36. The first-order valence-corrected chi connectivity index (χ1v) is 11.2. The van der Waals surface area contributed by atoms with Gasteiger partial charge in [0.15, 0.2) is 0 Å². The maximum Gasteiger partial charge on any atom is 0.0571 e. The van der Waals surface area contributed by atoms with E-state index in [1.54, 1.807) is 0 Å². The molecule has 5 aromatic carbocycles. The fourth-order valence-electron chi connectivity index (χ4n) is 5.18. The Hall–Kier alpha value is -4.43. The molecular weight excluding hydrogens is 400 g/mol. The standard InChI is InChI=1S/C31H20N2/c1-2-8-24-22(7-1)19-28(26-10-4-3-9-25(24)26)21-13-15-23(16-14-21)33-30-12-6-5-11-27(30)29-20-32-18-17-31(29)33/h1-20H. The van der Waals surface area contributed by atoms with Crippen LogP contribution >= 0.6 is 0 Å². The van der Waals surface area contributed by atoms with E-state index in [0.717, 1.165) is 5.69 Å². The average Bonchev–Trinajstić information content (AvgIpc) is 3.23. The van der Waals surface area contributed by atoms with Crippen LogP contribution in [-0.4, -0.2) is 9.55 Å². The van der Waals surface area contributed by atoms with Crippen molar-refractivity contribution in [3.63, 3.8) is 0 Å². The maximum absolute atomic E-state index is 4.36. The molecule has 2 aromatic heterocycles. The topological polar surface area (TPSA) is 17.8 Å². The second-order valence-electron chi connectivity index (χ2n) is 8.48. The number of nitrogens with zero attached hydrogens (tertiary/aromatic N) is 2. The lowest BCUT2D eigenvalue weighted by Gasteiger charge is -2.13. The van der Waals surface area contributed by atoms with Crippen molar-refractivity contribution in [3.05, 3.63) is 122 Å². The van der Waals surface area contributed by atoms with Gasteiger partial charge in [-0.05, 0) is 63.0 Å². The number of hydrogen-bond acceptors (Lipinski definition) is 1. The zero-order valence-corrected chi connectivity index (χ0v) is 17.9. The predicted molar refractivity (Wildman–Crippen MR) is 139 cm³/mol. The van der Waals surface area contributed by atoms with Crippen molar-refractivity contribution in [1.29, 1.82) is 0 Å². The zero-order valence-electron chi connectivity index (χ0n) is 17.9. The lowest BCUT2D eigenvalue weighted by Crippen LogP contribution is -1.94. The van der Waals surface area contributed by atoms with Gasteiger partial charge in [0.05, 0.1) is 11.0 Å². The largest absolute Gasteiger partial charge is 0.309 e. The van der Waals surface area contributed by atoms with Gasteiger partial charge in [-0.2, -0.15) is 0 Å². The lowest BCUT2D eigenvalue weighted by atomic mass is 9.93. The Morgan fingerprint density at radius 3 is 2.03 bits per heavy atom. The number of pyridine rings is 1. The number of benzene rings is 5. The summed E-state index contributed by atoms with van der Waals surface area (Å²) in [6.45, 7) is 0. The summed E-state index contributed by atoms with van der Waals surface area (Å²) in [6.07, 6.45) is 3.83. The van der Waals surface area contributed by atoms with Gasteiger partial charge in [0.25, 0.3) is 0 Å². The van der Waals surface area contributed by atoms with Crippen LogP contribution in [-0.2, 0) is 0 Å². The summed E-state index contributed by atoms with van der Waals surface area (Å²) in [5, 5.41) is 7.55. The van der Waals surface area contributed by atoms with E-state index in [4.69, 9.17) is 0 Å². The first-order chi connectivity index (χ1) is 16.4. The van der Waals surface area contributed by atoms with Gasteiger partial charge >= 0.3 is 0 Å². The molecule has 0 atom stereocenters. The molecule has 0 amide bonds. The van der Waals surface area contributed by atoms with Gasteiger partial charge in [-0.25, -0.2) is 0 Å². The molecule has 0 saturated carbocycles. The van der Waals surface area contributed by atoms with Crippen LogP contribution in [0.25, 0.3) is 60.2 Å². The predicted octanol–water partition coefficient (Wildman–Crippen LogP) is 8.15. The smallest absolute Gasteiger partial charge is 0.0571 e. The summed E-state index contributed by atoms with van der Waals surface area (Å²) in [5.74, 6) is 0. The van der Waals surface area contributed by atoms with Crippen LogP contribution in [0, 0.1) is 0 Å². The molecule has 2 heteroatoms. The minimum Gasteiger partial charge on any atom is -0.309 e. The highest BCUT2D eigenvalue weighted by Gasteiger charge is 2.13. The third-order valence-electron chi connectivity index (χ3n) is 6.68. The van der Waals surface area contributed by atoms with Crippen LogP contribution in [0.3, 0.4) is 0 Å². The van der Waals surface area contributed by atoms with Crippen molar-refractivity contribution < 1.29 is 0 Å². The van der Waals surface area contributed by atoms with Crippen molar-refractivity contribution in [1.82, 2.24) is 9.55 Å². The quantitative estimate of drug-likeness (QED) is 0.258. The monoisotopic (exact) mass is 420 g/mol. The first-order valence-electron chi connectivity index (χ1n) is 11.2. The summed E-state index contributed by atoms with van der Waals surface area (Å²) < 4.78 is 2.33. The van der Waals surface area contributed by atoms with Gasteiger partial charge in [-0.15, -0.1) is 0 Å². The van der Waals surface area contributed by atoms with E-state index >= 15 is 0 Å². The fourth-order valence-corrected chi connectivity index (χ4v) is 5.18. The van der Waals surface area contributed by atoms with Gasteiger partial charge in [0.1, 0.15) is 0 Å². The van der Waals surface area contributed by atoms with Crippen LogP contribution in [0.2, 0.25) is 0 Å². The van der Waals surface area contributed by atoms with E-state index in [1.807, 2.05) is 12.4 Å². The molecule has 154 valence electrons. The van der Waals surface area contributed by atoms with Gasteiger partial charge in [0, 0.05) is 28.9 Å². The van der Waals surface area contributed by atoms with Gasteiger partial charge in [-0.1, -0.05) is 78.9 Å². The highest BCUT2D eigenvalue weighted by molar-refractivity contribution is 6.14. The molecular formula is C31H20N2. The number of rotatable bonds is 2. The van der Waals surface area contributed by atoms with Crippen LogP contribution < -0.4 is 0 Å². The Morgan fingerprint density at radius 2 is 1.18 bits per heavy atom. The van der Waals surface area contributed by atoms with Crippen molar-refractivity contribution in [2.45, 2.75) is 0 Å². The van der Waals surface area contributed by atoms with Crippen LogP contribution in [0.5, 0.6) is 0 Å². The van der Waals surface area contributed by atoms with E-state index in [9.17, 15) is 0 Å². The van der Waals surface area contributed by atoms with E-state index < -0.39 is 0 Å². The van der Waals surface area contributed by atoms with Crippen LogP contribution in [0.1, 0.15) is 0 Å². The molecule has 0 radical (unpaired) electrons. The number of para-hydroxylation sites is 1. The summed E-state index contributed by atoms with van der Waals surface area (Å²) >= 11 is 0. The Balaban J connectivity index is 1.45. The Kier molecular flexibility index (Phi) is 3.88. The van der Waals surface area contributed by atoms with E-state index in [-0.39, 0.29) is 0 Å². The zero-order chi connectivity index (χ0) is 21.8. The molecule has 0 fully saturated rings. The van der Waals surface area contributed by atoms with Gasteiger partial charge < -0.3 is 4.57 Å². The summed E-state index contributed by atoms with van der Waals surface area (Å²) in [6, 6.07) is 39.2. The lowest BCUT2D eigenvalue weighted by molar-refractivity contribution is 1.17. The molecule has 7 rings (SSSR count). The molecule has 0 N–H and O–H groups in total. The molecule has 2 nitrogen and oxygen atoms in total. The second kappa shape index (κ2) is 7.04. The second-order valence-corrected chi connectivity index (χ2v) is 8.48.